The lowest BCUT2D eigenvalue weighted by atomic mass is 9.99. The van der Waals surface area contributed by atoms with Crippen LogP contribution in [0.5, 0.6) is 0 Å². The first-order valence-electron chi connectivity index (χ1n) is 4.82. The van der Waals surface area contributed by atoms with Crippen LogP contribution < -0.4 is 5.32 Å². The molecule has 1 heterocycles. The van der Waals surface area contributed by atoms with Gasteiger partial charge in [0.1, 0.15) is 0 Å². The highest BCUT2D eigenvalue weighted by Gasteiger charge is 2.18. The Hall–Kier alpha value is -0.860. The molecule has 0 aromatic heterocycles. The molecule has 0 aliphatic carbocycles. The average molecular weight is 177 g/mol. The summed E-state index contributed by atoms with van der Waals surface area (Å²) in [6.07, 6.45) is 0.245. The van der Waals surface area contributed by atoms with Gasteiger partial charge in [0.25, 0.3) is 0 Å². The monoisotopic (exact) mass is 177 g/mol. The van der Waals surface area contributed by atoms with Crippen LogP contribution in [0.3, 0.4) is 0 Å². The van der Waals surface area contributed by atoms with Crippen LogP contribution in [-0.4, -0.2) is 13.2 Å². The summed E-state index contributed by atoms with van der Waals surface area (Å²) in [4.78, 5) is 0. The maximum atomic E-state index is 5.65. The second-order valence-corrected chi connectivity index (χ2v) is 3.27. The first kappa shape index (κ1) is 8.73. The summed E-state index contributed by atoms with van der Waals surface area (Å²) < 4.78 is 5.65. The van der Waals surface area contributed by atoms with Crippen molar-refractivity contribution in [2.45, 2.75) is 19.6 Å². The molecule has 0 unspecified atom stereocenters. The fraction of sp³-hybridized carbons (Fsp3) is 0.455. The molecular formula is C11H15NO. The van der Waals surface area contributed by atoms with Crippen molar-refractivity contribution in [3.8, 4) is 0 Å². The molecule has 1 aromatic rings. The molecule has 2 nitrogen and oxygen atoms in total. The van der Waals surface area contributed by atoms with Crippen molar-refractivity contribution < 1.29 is 4.74 Å². The lowest BCUT2D eigenvalue weighted by Crippen LogP contribution is -2.29. The minimum Gasteiger partial charge on any atom is -0.372 e. The Morgan fingerprint density at radius 3 is 3.15 bits per heavy atom. The van der Waals surface area contributed by atoms with Crippen molar-refractivity contribution >= 4 is 0 Å². The molecule has 0 fully saturated rings. The van der Waals surface area contributed by atoms with E-state index in [9.17, 15) is 0 Å². The predicted octanol–water partition coefficient (Wildman–Crippen LogP) is 1.87. The molecule has 70 valence electrons. The smallest absolute Gasteiger partial charge is 0.0952 e. The zero-order valence-corrected chi connectivity index (χ0v) is 7.92. The van der Waals surface area contributed by atoms with E-state index in [2.05, 4.69) is 29.6 Å². The number of hydrogen-bond donors (Lipinski definition) is 1. The molecule has 1 aromatic carbocycles. The van der Waals surface area contributed by atoms with Crippen LogP contribution in [-0.2, 0) is 11.3 Å². The number of rotatable bonds is 2. The van der Waals surface area contributed by atoms with Crippen molar-refractivity contribution in [2.75, 3.05) is 13.2 Å². The Balaban J connectivity index is 2.26. The zero-order valence-electron chi connectivity index (χ0n) is 7.92. The summed E-state index contributed by atoms with van der Waals surface area (Å²) in [5, 5.41) is 3.35. The van der Waals surface area contributed by atoms with Crippen LogP contribution in [0.4, 0.5) is 0 Å². The van der Waals surface area contributed by atoms with E-state index < -0.39 is 0 Å². The van der Waals surface area contributed by atoms with E-state index in [1.54, 1.807) is 0 Å². The summed E-state index contributed by atoms with van der Waals surface area (Å²) in [7, 11) is 0. The van der Waals surface area contributed by atoms with Crippen molar-refractivity contribution in [3.63, 3.8) is 0 Å². The predicted molar refractivity (Wildman–Crippen MR) is 52.5 cm³/mol. The van der Waals surface area contributed by atoms with E-state index in [1.165, 1.54) is 11.1 Å². The van der Waals surface area contributed by atoms with E-state index in [-0.39, 0.29) is 6.10 Å². The van der Waals surface area contributed by atoms with E-state index >= 15 is 0 Å². The van der Waals surface area contributed by atoms with E-state index in [4.69, 9.17) is 4.74 Å². The number of fused-ring (bicyclic) bond motifs is 1. The third-order valence-corrected chi connectivity index (χ3v) is 2.42. The van der Waals surface area contributed by atoms with Gasteiger partial charge in [-0.1, -0.05) is 24.3 Å². The maximum absolute atomic E-state index is 5.65. The molecule has 0 amide bonds. The topological polar surface area (TPSA) is 21.3 Å². The summed E-state index contributed by atoms with van der Waals surface area (Å²) in [5.41, 5.74) is 2.72. The number of benzene rings is 1. The quantitative estimate of drug-likeness (QED) is 0.744. The largest absolute Gasteiger partial charge is 0.372 e. The normalized spacial score (nSPS) is 21.2. The van der Waals surface area contributed by atoms with Gasteiger partial charge in [-0.15, -0.1) is 0 Å². The zero-order chi connectivity index (χ0) is 9.10. The highest BCUT2D eigenvalue weighted by molar-refractivity contribution is 5.31. The summed E-state index contributed by atoms with van der Waals surface area (Å²) >= 11 is 0. The molecule has 0 radical (unpaired) electrons. The Morgan fingerprint density at radius 2 is 2.31 bits per heavy atom. The molecule has 0 spiro atoms. The van der Waals surface area contributed by atoms with Gasteiger partial charge in [0.05, 0.1) is 6.10 Å². The maximum Gasteiger partial charge on any atom is 0.0952 e. The molecule has 0 saturated carbocycles. The van der Waals surface area contributed by atoms with Crippen LogP contribution in [0.1, 0.15) is 24.2 Å². The van der Waals surface area contributed by atoms with Gasteiger partial charge in [0.15, 0.2) is 0 Å². The molecule has 1 atom stereocenters. The number of hydrogen-bond acceptors (Lipinski definition) is 2. The Morgan fingerprint density at radius 1 is 1.46 bits per heavy atom. The SMILES string of the molecule is CCO[C@@H]1CNCc2ccccc21. The Kier molecular flexibility index (Phi) is 2.62. The highest BCUT2D eigenvalue weighted by Crippen LogP contribution is 2.24. The average Bonchev–Trinajstić information content (AvgIpc) is 2.19. The number of nitrogens with one attached hydrogen (secondary N) is 1. The first-order valence-corrected chi connectivity index (χ1v) is 4.82. The lowest BCUT2D eigenvalue weighted by Gasteiger charge is -2.25. The van der Waals surface area contributed by atoms with Gasteiger partial charge >= 0.3 is 0 Å². The van der Waals surface area contributed by atoms with E-state index in [0.717, 1.165) is 19.7 Å². The minimum absolute atomic E-state index is 0.245. The van der Waals surface area contributed by atoms with Gasteiger partial charge in [0, 0.05) is 19.7 Å². The molecule has 0 saturated heterocycles. The fourth-order valence-corrected chi connectivity index (χ4v) is 1.81. The van der Waals surface area contributed by atoms with Gasteiger partial charge in [-0.2, -0.15) is 0 Å². The van der Waals surface area contributed by atoms with Gasteiger partial charge in [-0.3, -0.25) is 0 Å². The first-order chi connectivity index (χ1) is 6.42. The highest BCUT2D eigenvalue weighted by atomic mass is 16.5. The molecule has 1 N–H and O–H groups in total. The summed E-state index contributed by atoms with van der Waals surface area (Å²) in [5.74, 6) is 0. The van der Waals surface area contributed by atoms with Crippen molar-refractivity contribution in [1.29, 1.82) is 0 Å². The fourth-order valence-electron chi connectivity index (χ4n) is 1.81. The molecule has 13 heavy (non-hydrogen) atoms. The third kappa shape index (κ3) is 1.74. The van der Waals surface area contributed by atoms with E-state index in [0.29, 0.717) is 0 Å². The Labute approximate surface area is 78.9 Å². The van der Waals surface area contributed by atoms with Gasteiger partial charge in [0.2, 0.25) is 0 Å². The van der Waals surface area contributed by atoms with Crippen molar-refractivity contribution in [3.05, 3.63) is 35.4 Å². The van der Waals surface area contributed by atoms with Gasteiger partial charge in [-0.05, 0) is 18.1 Å². The van der Waals surface area contributed by atoms with Crippen LogP contribution in [0.15, 0.2) is 24.3 Å². The third-order valence-electron chi connectivity index (χ3n) is 2.42. The van der Waals surface area contributed by atoms with Crippen LogP contribution in [0.2, 0.25) is 0 Å². The standard InChI is InChI=1S/C11H15NO/c1-2-13-11-8-12-7-9-5-3-4-6-10(9)11/h3-6,11-12H,2,7-8H2,1H3/t11-/m1/s1. The van der Waals surface area contributed by atoms with Gasteiger partial charge in [-0.25, -0.2) is 0 Å². The molecule has 0 bridgehead atoms. The molecule has 1 aliphatic heterocycles. The van der Waals surface area contributed by atoms with Crippen LogP contribution in [0, 0.1) is 0 Å². The van der Waals surface area contributed by atoms with Crippen LogP contribution >= 0.6 is 0 Å². The second-order valence-electron chi connectivity index (χ2n) is 3.27. The molecule has 2 heteroatoms. The van der Waals surface area contributed by atoms with Crippen molar-refractivity contribution in [1.82, 2.24) is 5.32 Å². The molecular weight excluding hydrogens is 162 g/mol. The Bertz CT molecular complexity index is 285. The minimum atomic E-state index is 0.245. The van der Waals surface area contributed by atoms with Crippen LogP contribution in [0.25, 0.3) is 0 Å². The van der Waals surface area contributed by atoms with E-state index in [1.807, 2.05) is 6.92 Å². The molecule has 1 aliphatic rings. The molecule has 2 rings (SSSR count). The summed E-state index contributed by atoms with van der Waals surface area (Å²) in [6.45, 7) is 4.72. The number of ether oxygens (including phenoxy) is 1. The second kappa shape index (κ2) is 3.90. The van der Waals surface area contributed by atoms with Gasteiger partial charge < -0.3 is 10.1 Å². The van der Waals surface area contributed by atoms with Crippen molar-refractivity contribution in [2.24, 2.45) is 0 Å². The lowest BCUT2D eigenvalue weighted by molar-refractivity contribution is 0.0568. The summed E-state index contributed by atoms with van der Waals surface area (Å²) in [6, 6.07) is 8.48.